The van der Waals surface area contributed by atoms with Gasteiger partial charge in [0.2, 0.25) is 0 Å². The van der Waals surface area contributed by atoms with Crippen LogP contribution in [0.4, 0.5) is 21.5 Å². The average Bonchev–Trinajstić information content (AvgIpc) is 2.38. The van der Waals surface area contributed by atoms with Gasteiger partial charge in [-0.25, -0.2) is 4.39 Å². The number of anilines is 3. The molecule has 4 nitrogen and oxygen atoms in total. The van der Waals surface area contributed by atoms with Gasteiger partial charge in [-0.15, -0.1) is 0 Å². The lowest BCUT2D eigenvalue weighted by molar-refractivity contribution is 0.100. The van der Waals surface area contributed by atoms with Crippen LogP contribution in [0, 0.1) is 12.7 Å². The van der Waals surface area contributed by atoms with Crippen molar-refractivity contribution in [2.75, 3.05) is 11.1 Å². The number of aryl methyl sites for hydroxylation is 1. The molecule has 1 amide bonds. The van der Waals surface area contributed by atoms with Gasteiger partial charge in [-0.2, -0.15) is 0 Å². The highest BCUT2D eigenvalue weighted by atomic mass is 79.9. The maximum atomic E-state index is 13.7. The first-order chi connectivity index (χ1) is 9.79. The molecular weight excluding hydrogens is 361 g/mol. The van der Waals surface area contributed by atoms with Crippen LogP contribution in [0.25, 0.3) is 0 Å². The average molecular weight is 373 g/mol. The third-order valence-electron chi connectivity index (χ3n) is 2.90. The Kier molecular flexibility index (Phi) is 4.39. The summed E-state index contributed by atoms with van der Waals surface area (Å²) in [5.74, 6) is -1.11. The van der Waals surface area contributed by atoms with Crippen molar-refractivity contribution < 1.29 is 9.18 Å². The number of hydrogen-bond donors (Lipinski definition) is 3. The lowest BCUT2D eigenvalue weighted by Crippen LogP contribution is -2.14. The second-order valence-corrected chi connectivity index (χ2v) is 5.76. The molecule has 0 aromatic heterocycles. The van der Waals surface area contributed by atoms with Gasteiger partial charge in [0.1, 0.15) is 5.82 Å². The zero-order chi connectivity index (χ0) is 15.7. The van der Waals surface area contributed by atoms with E-state index in [2.05, 4.69) is 21.2 Å². The zero-order valence-electron chi connectivity index (χ0n) is 11.0. The summed E-state index contributed by atoms with van der Waals surface area (Å²) < 4.78 is 14.0. The molecule has 2 aromatic rings. The Morgan fingerprint density at radius 2 is 2.00 bits per heavy atom. The summed E-state index contributed by atoms with van der Waals surface area (Å²) in [7, 11) is 0. The molecule has 2 aromatic carbocycles. The Bertz CT molecular complexity index is 737. The van der Waals surface area contributed by atoms with Gasteiger partial charge in [-0.1, -0.05) is 11.6 Å². The fourth-order valence-corrected chi connectivity index (χ4v) is 2.60. The molecule has 5 N–H and O–H groups in total. The van der Waals surface area contributed by atoms with Crippen LogP contribution in [0.5, 0.6) is 0 Å². The van der Waals surface area contributed by atoms with E-state index in [1.807, 2.05) is 0 Å². The van der Waals surface area contributed by atoms with Crippen LogP contribution in [0.1, 0.15) is 15.9 Å². The number of nitrogens with two attached hydrogens (primary N) is 2. The van der Waals surface area contributed by atoms with Crippen LogP contribution in [0.2, 0.25) is 5.02 Å². The molecule has 0 aliphatic carbocycles. The third kappa shape index (κ3) is 3.28. The number of carbonyl (C=O) groups excluding carboxylic acids is 1. The van der Waals surface area contributed by atoms with Crippen molar-refractivity contribution >= 4 is 50.5 Å². The molecule has 0 aliphatic heterocycles. The van der Waals surface area contributed by atoms with Gasteiger partial charge in [0.15, 0.2) is 0 Å². The highest BCUT2D eigenvalue weighted by Crippen LogP contribution is 2.34. The van der Waals surface area contributed by atoms with E-state index < -0.39 is 11.7 Å². The minimum Gasteiger partial charge on any atom is -0.399 e. The van der Waals surface area contributed by atoms with Gasteiger partial charge >= 0.3 is 0 Å². The smallest absolute Gasteiger partial charge is 0.250 e. The van der Waals surface area contributed by atoms with E-state index in [4.69, 9.17) is 23.1 Å². The van der Waals surface area contributed by atoms with Gasteiger partial charge in [-0.05, 0) is 52.7 Å². The van der Waals surface area contributed by atoms with Gasteiger partial charge in [0.25, 0.3) is 5.91 Å². The topological polar surface area (TPSA) is 81.1 Å². The van der Waals surface area contributed by atoms with Crippen LogP contribution in [0.3, 0.4) is 0 Å². The predicted octanol–water partition coefficient (Wildman–Crippen LogP) is 3.97. The first kappa shape index (κ1) is 15.6. The highest BCUT2D eigenvalue weighted by Gasteiger charge is 2.15. The molecule has 0 bridgehead atoms. The van der Waals surface area contributed by atoms with E-state index in [1.54, 1.807) is 13.0 Å². The molecule has 0 aliphatic rings. The van der Waals surface area contributed by atoms with E-state index in [0.717, 1.165) is 5.56 Å². The standard InChI is InChI=1S/C14H12BrClFN3O/c1-6-2-9(15)11(17)5-12(6)20-13-8(14(19)21)3-7(18)4-10(13)16/h2-5,20H,18H2,1H3,(H2,19,21). The maximum absolute atomic E-state index is 13.7. The fourth-order valence-electron chi connectivity index (χ4n) is 1.86. The fraction of sp³-hybridized carbons (Fsp3) is 0.0714. The summed E-state index contributed by atoms with van der Waals surface area (Å²) in [6.07, 6.45) is 0. The van der Waals surface area contributed by atoms with E-state index in [9.17, 15) is 9.18 Å². The van der Waals surface area contributed by atoms with Gasteiger partial charge in [0, 0.05) is 11.4 Å². The third-order valence-corrected chi connectivity index (χ3v) is 3.81. The molecule has 110 valence electrons. The first-order valence-electron chi connectivity index (χ1n) is 5.91. The quantitative estimate of drug-likeness (QED) is 0.713. The van der Waals surface area contributed by atoms with E-state index in [1.165, 1.54) is 18.2 Å². The molecule has 2 rings (SSSR count). The van der Waals surface area contributed by atoms with E-state index in [-0.39, 0.29) is 10.6 Å². The molecular formula is C14H12BrClFN3O. The summed E-state index contributed by atoms with van der Waals surface area (Å²) in [5.41, 5.74) is 13.0. The molecule has 0 saturated heterocycles. The zero-order valence-corrected chi connectivity index (χ0v) is 13.3. The Hall–Kier alpha value is -1.79. The summed E-state index contributed by atoms with van der Waals surface area (Å²) in [6, 6.07) is 5.83. The van der Waals surface area contributed by atoms with Crippen LogP contribution in [0.15, 0.2) is 28.7 Å². The van der Waals surface area contributed by atoms with Crippen molar-refractivity contribution in [2.24, 2.45) is 5.73 Å². The van der Waals surface area contributed by atoms with Crippen molar-refractivity contribution in [2.45, 2.75) is 6.92 Å². The number of primary amides is 1. The lowest BCUT2D eigenvalue weighted by atomic mass is 10.1. The Balaban J connectivity index is 2.54. The molecule has 21 heavy (non-hydrogen) atoms. The Morgan fingerprint density at radius 1 is 1.33 bits per heavy atom. The maximum Gasteiger partial charge on any atom is 0.250 e. The van der Waals surface area contributed by atoms with E-state index >= 15 is 0 Å². The largest absolute Gasteiger partial charge is 0.399 e. The number of nitrogen functional groups attached to an aromatic ring is 1. The van der Waals surface area contributed by atoms with Crippen LogP contribution in [-0.4, -0.2) is 5.91 Å². The molecule has 0 saturated carbocycles. The molecule has 0 radical (unpaired) electrons. The normalized spacial score (nSPS) is 10.5. The number of hydrogen-bond acceptors (Lipinski definition) is 3. The molecule has 0 spiro atoms. The second-order valence-electron chi connectivity index (χ2n) is 4.50. The Morgan fingerprint density at radius 3 is 2.62 bits per heavy atom. The van der Waals surface area contributed by atoms with Crippen LogP contribution >= 0.6 is 27.5 Å². The van der Waals surface area contributed by atoms with Crippen molar-refractivity contribution in [3.63, 3.8) is 0 Å². The SMILES string of the molecule is Cc1cc(Br)c(F)cc1Nc1c(Cl)cc(N)cc1C(N)=O. The van der Waals surface area contributed by atoms with Gasteiger partial charge in [0.05, 0.1) is 20.7 Å². The minimum absolute atomic E-state index is 0.141. The molecule has 0 heterocycles. The molecule has 0 fully saturated rings. The lowest BCUT2D eigenvalue weighted by Gasteiger charge is -2.15. The van der Waals surface area contributed by atoms with Crippen molar-refractivity contribution in [3.8, 4) is 0 Å². The number of nitrogens with one attached hydrogen (secondary N) is 1. The summed E-state index contributed by atoms with van der Waals surface area (Å²) >= 11 is 9.21. The summed E-state index contributed by atoms with van der Waals surface area (Å²) in [6.45, 7) is 1.79. The summed E-state index contributed by atoms with van der Waals surface area (Å²) in [5, 5.41) is 3.16. The van der Waals surface area contributed by atoms with Crippen molar-refractivity contribution in [3.05, 3.63) is 50.7 Å². The molecule has 7 heteroatoms. The monoisotopic (exact) mass is 371 g/mol. The first-order valence-corrected chi connectivity index (χ1v) is 7.08. The number of benzene rings is 2. The van der Waals surface area contributed by atoms with Crippen LogP contribution < -0.4 is 16.8 Å². The van der Waals surface area contributed by atoms with E-state index in [0.29, 0.717) is 21.5 Å². The number of halogens is 3. The van der Waals surface area contributed by atoms with Crippen molar-refractivity contribution in [1.82, 2.24) is 0 Å². The molecule has 0 atom stereocenters. The predicted molar refractivity (Wildman–Crippen MR) is 86.5 cm³/mol. The van der Waals surface area contributed by atoms with Gasteiger partial charge < -0.3 is 16.8 Å². The highest BCUT2D eigenvalue weighted by molar-refractivity contribution is 9.10. The summed E-state index contributed by atoms with van der Waals surface area (Å²) in [4.78, 5) is 11.5. The Labute approximate surface area is 134 Å². The van der Waals surface area contributed by atoms with Gasteiger partial charge in [-0.3, -0.25) is 4.79 Å². The van der Waals surface area contributed by atoms with Crippen LogP contribution in [-0.2, 0) is 0 Å². The number of rotatable bonds is 3. The number of carbonyl (C=O) groups is 1. The molecule has 0 unspecified atom stereocenters. The van der Waals surface area contributed by atoms with Crippen molar-refractivity contribution in [1.29, 1.82) is 0 Å². The number of amides is 1. The second kappa shape index (κ2) is 5.91. The minimum atomic E-state index is -0.679.